The molecule has 0 aromatic carbocycles. The average molecular weight is 446 g/mol. The summed E-state index contributed by atoms with van der Waals surface area (Å²) in [5, 5.41) is 12.2. The zero-order valence-electron chi connectivity index (χ0n) is 17.9. The van der Waals surface area contributed by atoms with Crippen molar-refractivity contribution in [3.05, 3.63) is 40.7 Å². The van der Waals surface area contributed by atoms with Crippen LogP contribution in [0.4, 0.5) is 14.6 Å². The number of alkyl halides is 2. The maximum Gasteiger partial charge on any atom is 0.387 e. The van der Waals surface area contributed by atoms with Crippen LogP contribution in [-0.2, 0) is 4.74 Å². The van der Waals surface area contributed by atoms with E-state index in [1.54, 1.807) is 0 Å². The number of fused-ring (bicyclic) bond motifs is 1. The van der Waals surface area contributed by atoms with Crippen molar-refractivity contribution in [2.45, 2.75) is 50.8 Å². The van der Waals surface area contributed by atoms with Gasteiger partial charge in [0.05, 0.1) is 18.9 Å². The summed E-state index contributed by atoms with van der Waals surface area (Å²) in [6.45, 7) is 0.630. The molecule has 5 rings (SSSR count). The Kier molecular flexibility index (Phi) is 5.86. The third kappa shape index (κ3) is 4.36. The summed E-state index contributed by atoms with van der Waals surface area (Å²) in [7, 11) is 0. The van der Waals surface area contributed by atoms with Crippen LogP contribution in [0.1, 0.15) is 37.7 Å². The number of nitrogen functional groups attached to an aromatic ring is 1. The van der Waals surface area contributed by atoms with Crippen molar-refractivity contribution in [3.8, 4) is 5.75 Å². The number of nitrogens with one attached hydrogen (secondary N) is 2. The topological polar surface area (TPSA) is 96.5 Å². The molecule has 1 aliphatic heterocycles. The molecule has 4 aliphatic rings. The monoisotopic (exact) mass is 445 g/mol. The van der Waals surface area contributed by atoms with Crippen LogP contribution >= 0.6 is 0 Å². The van der Waals surface area contributed by atoms with Gasteiger partial charge < -0.3 is 25.9 Å². The summed E-state index contributed by atoms with van der Waals surface area (Å²) >= 11 is 0. The number of pyridine rings is 1. The van der Waals surface area contributed by atoms with Gasteiger partial charge in [0.25, 0.3) is 0 Å². The molecule has 1 aromatic rings. The summed E-state index contributed by atoms with van der Waals surface area (Å²) in [6, 6.07) is 2.37. The Morgan fingerprint density at radius 1 is 1.34 bits per heavy atom. The molecule has 2 saturated carbocycles. The van der Waals surface area contributed by atoms with E-state index < -0.39 is 6.61 Å². The molecule has 3 aliphatic carbocycles. The van der Waals surface area contributed by atoms with E-state index in [9.17, 15) is 8.78 Å². The molecule has 2 heterocycles. The molecule has 4 N–H and O–H groups in total. The SMILES string of the molecule is N=C(/C=C(\NC1CCC1)C1=C2C[C@@H](N3CCOCC3)C[C@H]21)c1cnc(N)c(OC(F)F)c1. The van der Waals surface area contributed by atoms with Crippen molar-refractivity contribution in [2.24, 2.45) is 5.92 Å². The minimum Gasteiger partial charge on any atom is -0.431 e. The Bertz CT molecular complexity index is 954. The predicted molar refractivity (Wildman–Crippen MR) is 117 cm³/mol. The molecule has 7 nitrogen and oxygen atoms in total. The second-order valence-corrected chi connectivity index (χ2v) is 8.96. The molecule has 9 heteroatoms. The van der Waals surface area contributed by atoms with Gasteiger partial charge in [0.1, 0.15) is 0 Å². The highest BCUT2D eigenvalue weighted by Gasteiger charge is 2.48. The van der Waals surface area contributed by atoms with E-state index in [0.29, 0.717) is 23.6 Å². The number of halogens is 2. The van der Waals surface area contributed by atoms with E-state index in [1.165, 1.54) is 29.8 Å². The number of aromatic nitrogens is 1. The number of morpholine rings is 1. The first-order valence-electron chi connectivity index (χ1n) is 11.3. The van der Waals surface area contributed by atoms with Crippen LogP contribution in [-0.4, -0.2) is 60.6 Å². The van der Waals surface area contributed by atoms with Gasteiger partial charge in [-0.05, 0) is 49.8 Å². The van der Waals surface area contributed by atoms with Crippen LogP contribution in [0.5, 0.6) is 5.75 Å². The van der Waals surface area contributed by atoms with Crippen molar-refractivity contribution in [1.82, 2.24) is 15.2 Å². The van der Waals surface area contributed by atoms with Crippen molar-refractivity contribution in [2.75, 3.05) is 32.0 Å². The van der Waals surface area contributed by atoms with Crippen LogP contribution in [0.25, 0.3) is 0 Å². The highest BCUT2D eigenvalue weighted by atomic mass is 19.3. The average Bonchev–Trinajstić information content (AvgIpc) is 3.23. The molecule has 172 valence electrons. The van der Waals surface area contributed by atoms with Gasteiger partial charge in [-0.3, -0.25) is 4.90 Å². The Hall–Kier alpha value is -2.52. The Labute approximate surface area is 186 Å². The maximum absolute atomic E-state index is 12.6. The third-order valence-corrected chi connectivity index (χ3v) is 7.01. The van der Waals surface area contributed by atoms with E-state index >= 15 is 0 Å². The zero-order valence-corrected chi connectivity index (χ0v) is 17.9. The second kappa shape index (κ2) is 8.78. The van der Waals surface area contributed by atoms with Crippen molar-refractivity contribution in [1.29, 1.82) is 5.41 Å². The van der Waals surface area contributed by atoms with E-state index in [2.05, 4.69) is 19.9 Å². The van der Waals surface area contributed by atoms with Gasteiger partial charge >= 0.3 is 6.61 Å². The van der Waals surface area contributed by atoms with Crippen LogP contribution in [0.15, 0.2) is 35.2 Å². The van der Waals surface area contributed by atoms with Gasteiger partial charge in [0.2, 0.25) is 0 Å². The fraction of sp³-hybridized carbons (Fsp3) is 0.565. The maximum atomic E-state index is 12.6. The number of nitrogens with zero attached hydrogens (tertiary/aromatic N) is 2. The van der Waals surface area contributed by atoms with E-state index in [4.69, 9.17) is 15.9 Å². The lowest BCUT2D eigenvalue weighted by atomic mass is 9.92. The van der Waals surface area contributed by atoms with Crippen molar-refractivity contribution in [3.63, 3.8) is 0 Å². The minimum absolute atomic E-state index is 0.116. The van der Waals surface area contributed by atoms with Crippen LogP contribution < -0.4 is 15.8 Å². The predicted octanol–water partition coefficient (Wildman–Crippen LogP) is 3.08. The minimum atomic E-state index is -2.99. The highest BCUT2D eigenvalue weighted by molar-refractivity contribution is 6.07. The van der Waals surface area contributed by atoms with Gasteiger partial charge in [-0.25, -0.2) is 4.98 Å². The lowest BCUT2D eigenvalue weighted by molar-refractivity contribution is -0.0495. The number of nitrogens with two attached hydrogens (primary N) is 1. The number of ether oxygens (including phenoxy) is 2. The summed E-state index contributed by atoms with van der Waals surface area (Å²) in [5.41, 5.74) is 10.0. The molecule has 1 aromatic heterocycles. The summed E-state index contributed by atoms with van der Waals surface area (Å²) in [5.74, 6) is 0.161. The lowest BCUT2D eigenvalue weighted by Gasteiger charge is -2.33. The Morgan fingerprint density at radius 2 is 2.12 bits per heavy atom. The molecule has 32 heavy (non-hydrogen) atoms. The number of rotatable bonds is 8. The highest BCUT2D eigenvalue weighted by Crippen LogP contribution is 2.55. The number of hydrogen-bond acceptors (Lipinski definition) is 7. The van der Waals surface area contributed by atoms with Crippen LogP contribution in [0, 0.1) is 11.3 Å². The summed E-state index contributed by atoms with van der Waals surface area (Å²) in [6.07, 6.45) is 8.90. The third-order valence-electron chi connectivity index (χ3n) is 7.01. The molecule has 0 unspecified atom stereocenters. The first-order valence-corrected chi connectivity index (χ1v) is 11.3. The van der Waals surface area contributed by atoms with Gasteiger partial charge in [-0.1, -0.05) is 5.57 Å². The quantitative estimate of drug-likeness (QED) is 0.532. The molecule has 0 amide bonds. The number of anilines is 1. The van der Waals surface area contributed by atoms with Crippen LogP contribution in [0.3, 0.4) is 0 Å². The molecule has 2 atom stereocenters. The fourth-order valence-electron chi connectivity index (χ4n) is 5.01. The number of allylic oxidation sites excluding steroid dienone is 2. The molecule has 1 saturated heterocycles. The zero-order chi connectivity index (χ0) is 22.2. The fourth-order valence-corrected chi connectivity index (χ4v) is 5.01. The summed E-state index contributed by atoms with van der Waals surface area (Å²) in [4.78, 5) is 6.47. The molecule has 3 fully saturated rings. The van der Waals surface area contributed by atoms with E-state index in [-0.39, 0.29) is 17.3 Å². The van der Waals surface area contributed by atoms with Gasteiger partial charge in [-0.2, -0.15) is 8.78 Å². The Balaban J connectivity index is 1.34. The van der Waals surface area contributed by atoms with Gasteiger partial charge in [0.15, 0.2) is 11.6 Å². The standard InChI is InChI=1S/C23H29F2N5O2/c24-23(25)32-20-8-13(12-28-22(20)27)18(26)11-19(29-14-2-1-3-14)21-16-9-15(10-17(16)21)30-4-6-31-7-5-30/h8,11-12,14-16,23,26,29H,1-7,9-10H2,(H2,27,28)/b19-11-,26-18?/t15-,16+/m0/s1. The van der Waals surface area contributed by atoms with E-state index in [1.807, 2.05) is 6.08 Å². The number of hydrogen-bond donors (Lipinski definition) is 3. The molecule has 0 bridgehead atoms. The smallest absolute Gasteiger partial charge is 0.387 e. The molecule has 0 spiro atoms. The largest absolute Gasteiger partial charge is 0.431 e. The normalized spacial score (nSPS) is 26.2. The van der Waals surface area contributed by atoms with Gasteiger partial charge in [0, 0.05) is 48.5 Å². The Morgan fingerprint density at radius 3 is 2.75 bits per heavy atom. The lowest BCUT2D eigenvalue weighted by Crippen LogP contribution is -2.42. The van der Waals surface area contributed by atoms with Crippen molar-refractivity contribution >= 4 is 11.5 Å². The molecular formula is C23H29F2N5O2. The van der Waals surface area contributed by atoms with Gasteiger partial charge in [-0.15, -0.1) is 0 Å². The second-order valence-electron chi connectivity index (χ2n) is 8.96. The van der Waals surface area contributed by atoms with E-state index in [0.717, 1.165) is 57.7 Å². The first-order chi connectivity index (χ1) is 15.5. The first kappa shape index (κ1) is 21.3. The van der Waals surface area contributed by atoms with Crippen LogP contribution in [0.2, 0.25) is 0 Å². The molecular weight excluding hydrogens is 416 g/mol. The van der Waals surface area contributed by atoms with Crippen molar-refractivity contribution < 1.29 is 18.3 Å². The molecule has 0 radical (unpaired) electrons. The summed E-state index contributed by atoms with van der Waals surface area (Å²) < 4.78 is 35.2.